The molecule has 1 aliphatic heterocycles. The summed E-state index contributed by atoms with van der Waals surface area (Å²) in [5.41, 5.74) is 4.40. The van der Waals surface area contributed by atoms with Crippen molar-refractivity contribution in [2.75, 3.05) is 7.11 Å². The minimum absolute atomic E-state index is 0.313. The molecular weight excluding hydrogens is 314 g/mol. The van der Waals surface area contributed by atoms with Gasteiger partial charge in [-0.25, -0.2) is 4.98 Å². The molecule has 1 aliphatic carbocycles. The second-order valence-corrected chi connectivity index (χ2v) is 6.19. The van der Waals surface area contributed by atoms with E-state index in [4.69, 9.17) is 9.47 Å². The summed E-state index contributed by atoms with van der Waals surface area (Å²) in [6, 6.07) is 6.01. The average Bonchev–Trinajstić information content (AvgIpc) is 2.68. The van der Waals surface area contributed by atoms with E-state index in [-0.39, 0.29) is 6.23 Å². The molecule has 5 nitrogen and oxygen atoms in total. The molecule has 0 spiro atoms. The molecule has 128 valence electrons. The van der Waals surface area contributed by atoms with Gasteiger partial charge in [0.05, 0.1) is 13.3 Å². The molecule has 2 aromatic heterocycles. The predicted molar refractivity (Wildman–Crippen MR) is 96.3 cm³/mol. The number of allylic oxidation sites excluding steroid dienone is 2. The van der Waals surface area contributed by atoms with Crippen LogP contribution in [0, 0.1) is 0 Å². The van der Waals surface area contributed by atoms with Crippen molar-refractivity contribution < 1.29 is 9.47 Å². The van der Waals surface area contributed by atoms with Crippen LogP contribution in [-0.2, 0) is 12.8 Å². The van der Waals surface area contributed by atoms with E-state index in [1.807, 2.05) is 36.7 Å². The molecule has 0 aromatic carbocycles. The Bertz CT molecular complexity index is 829. The minimum Gasteiger partial charge on any atom is -0.481 e. The van der Waals surface area contributed by atoms with Gasteiger partial charge in [-0.3, -0.25) is 4.98 Å². The lowest BCUT2D eigenvalue weighted by Gasteiger charge is -2.26. The zero-order valence-electron chi connectivity index (χ0n) is 14.2. The fourth-order valence-corrected chi connectivity index (χ4v) is 3.34. The Morgan fingerprint density at radius 1 is 1.20 bits per heavy atom. The van der Waals surface area contributed by atoms with Crippen molar-refractivity contribution in [3.8, 4) is 11.6 Å². The van der Waals surface area contributed by atoms with Gasteiger partial charge in [-0.15, -0.1) is 0 Å². The van der Waals surface area contributed by atoms with Crippen LogP contribution in [0.4, 0.5) is 0 Å². The van der Waals surface area contributed by atoms with Gasteiger partial charge in [-0.1, -0.05) is 6.08 Å². The quantitative estimate of drug-likeness (QED) is 0.929. The van der Waals surface area contributed by atoms with Crippen LogP contribution in [0.3, 0.4) is 0 Å². The van der Waals surface area contributed by atoms with E-state index in [9.17, 15) is 0 Å². The van der Waals surface area contributed by atoms with Crippen LogP contribution in [0.25, 0.3) is 5.57 Å². The van der Waals surface area contributed by atoms with Crippen LogP contribution in [0.15, 0.2) is 48.9 Å². The second kappa shape index (κ2) is 6.97. The molecule has 0 radical (unpaired) electrons. The molecule has 0 amide bonds. The second-order valence-electron chi connectivity index (χ2n) is 6.19. The number of hydrogen-bond donors (Lipinski definition) is 1. The van der Waals surface area contributed by atoms with E-state index in [1.165, 1.54) is 24.1 Å². The maximum atomic E-state index is 6.21. The summed E-state index contributed by atoms with van der Waals surface area (Å²) in [4.78, 5) is 8.88. The number of aryl methyl sites for hydroxylation is 2. The lowest BCUT2D eigenvalue weighted by molar-refractivity contribution is 0.234. The van der Waals surface area contributed by atoms with Crippen molar-refractivity contribution in [1.29, 1.82) is 0 Å². The van der Waals surface area contributed by atoms with Crippen LogP contribution >= 0.6 is 0 Å². The maximum Gasteiger partial charge on any atom is 0.220 e. The maximum absolute atomic E-state index is 6.21. The zero-order valence-corrected chi connectivity index (χ0v) is 14.2. The van der Waals surface area contributed by atoms with Crippen molar-refractivity contribution in [3.05, 3.63) is 65.8 Å². The van der Waals surface area contributed by atoms with Crippen molar-refractivity contribution >= 4 is 5.57 Å². The first-order valence-electron chi connectivity index (χ1n) is 8.62. The lowest BCUT2D eigenvalue weighted by atomic mass is 9.96. The Balaban J connectivity index is 1.61. The Morgan fingerprint density at radius 2 is 2.12 bits per heavy atom. The zero-order chi connectivity index (χ0) is 17.1. The minimum atomic E-state index is -0.313. The summed E-state index contributed by atoms with van der Waals surface area (Å²) in [6.45, 7) is 0. The summed E-state index contributed by atoms with van der Waals surface area (Å²) in [5, 5.41) is 3.27. The van der Waals surface area contributed by atoms with Crippen LogP contribution in [0.1, 0.15) is 29.7 Å². The van der Waals surface area contributed by atoms with Gasteiger partial charge in [-0.05, 0) is 61.7 Å². The van der Waals surface area contributed by atoms with Crippen molar-refractivity contribution in [1.82, 2.24) is 15.3 Å². The van der Waals surface area contributed by atoms with Crippen LogP contribution < -0.4 is 14.8 Å². The molecule has 0 fully saturated rings. The van der Waals surface area contributed by atoms with Gasteiger partial charge in [0, 0.05) is 23.0 Å². The van der Waals surface area contributed by atoms with E-state index in [1.54, 1.807) is 13.3 Å². The van der Waals surface area contributed by atoms with Gasteiger partial charge in [0.1, 0.15) is 5.75 Å². The number of rotatable bonds is 4. The number of hydrogen-bond acceptors (Lipinski definition) is 5. The third-order valence-corrected chi connectivity index (χ3v) is 4.58. The number of dihydropyridines is 1. The Hall–Kier alpha value is -2.82. The summed E-state index contributed by atoms with van der Waals surface area (Å²) < 4.78 is 11.6. The number of nitrogens with zero attached hydrogens (tertiary/aromatic N) is 2. The van der Waals surface area contributed by atoms with E-state index >= 15 is 0 Å². The predicted octanol–water partition coefficient (Wildman–Crippen LogP) is 3.27. The molecule has 1 atom stereocenters. The highest BCUT2D eigenvalue weighted by molar-refractivity contribution is 5.74. The first-order valence-corrected chi connectivity index (χ1v) is 8.62. The first kappa shape index (κ1) is 15.7. The van der Waals surface area contributed by atoms with E-state index in [0.29, 0.717) is 5.88 Å². The smallest absolute Gasteiger partial charge is 0.220 e. The van der Waals surface area contributed by atoms with Crippen LogP contribution in [0.2, 0.25) is 0 Å². The molecule has 0 bridgehead atoms. The number of pyridine rings is 2. The highest BCUT2D eigenvalue weighted by Crippen LogP contribution is 2.30. The van der Waals surface area contributed by atoms with Gasteiger partial charge in [0.25, 0.3) is 0 Å². The summed E-state index contributed by atoms with van der Waals surface area (Å²) >= 11 is 0. The lowest BCUT2D eigenvalue weighted by Crippen LogP contribution is -2.33. The van der Waals surface area contributed by atoms with Crippen molar-refractivity contribution in [2.24, 2.45) is 0 Å². The van der Waals surface area contributed by atoms with E-state index in [2.05, 4.69) is 21.4 Å². The third-order valence-electron chi connectivity index (χ3n) is 4.58. The number of nitrogens with one attached hydrogen (secondary N) is 1. The molecule has 5 heteroatoms. The van der Waals surface area contributed by atoms with Gasteiger partial charge < -0.3 is 14.8 Å². The monoisotopic (exact) mass is 335 g/mol. The molecule has 3 heterocycles. The fourth-order valence-electron chi connectivity index (χ4n) is 3.34. The Labute approximate surface area is 147 Å². The molecule has 1 unspecified atom stereocenters. The van der Waals surface area contributed by atoms with Gasteiger partial charge in [0.15, 0.2) is 6.23 Å². The molecule has 2 aromatic rings. The fraction of sp³-hybridized carbons (Fsp3) is 0.300. The summed E-state index contributed by atoms with van der Waals surface area (Å²) in [6.07, 6.45) is 13.7. The number of fused-ring (bicyclic) bond motifs is 1. The molecule has 25 heavy (non-hydrogen) atoms. The van der Waals surface area contributed by atoms with Gasteiger partial charge in [0.2, 0.25) is 5.88 Å². The van der Waals surface area contributed by atoms with E-state index in [0.717, 1.165) is 29.7 Å². The highest BCUT2D eigenvalue weighted by Gasteiger charge is 2.22. The standard InChI is InChI=1S/C20H21N3O2/c1-24-19-16(7-4-10-21-19)17-8-5-11-22-20(17)25-15-12-14-6-2-3-9-18(14)23-13-15/h4-5,7-8,10-13,20,22H,2-3,6,9H2,1H3. The largest absolute Gasteiger partial charge is 0.481 e. The van der Waals surface area contributed by atoms with Crippen molar-refractivity contribution in [2.45, 2.75) is 31.9 Å². The highest BCUT2D eigenvalue weighted by atomic mass is 16.5. The topological polar surface area (TPSA) is 56.3 Å². The number of methoxy groups -OCH3 is 1. The molecular formula is C20H21N3O2. The van der Waals surface area contributed by atoms with Crippen LogP contribution in [0.5, 0.6) is 11.6 Å². The SMILES string of the molecule is COc1ncccc1C1=CC=CNC1Oc1cnc2c(c1)CCCC2. The molecule has 2 aliphatic rings. The summed E-state index contributed by atoms with van der Waals surface area (Å²) in [7, 11) is 1.63. The summed E-state index contributed by atoms with van der Waals surface area (Å²) in [5.74, 6) is 1.37. The first-order chi connectivity index (χ1) is 12.3. The van der Waals surface area contributed by atoms with Gasteiger partial charge in [-0.2, -0.15) is 0 Å². The number of ether oxygens (including phenoxy) is 2. The van der Waals surface area contributed by atoms with E-state index < -0.39 is 0 Å². The molecule has 1 N–H and O–H groups in total. The third kappa shape index (κ3) is 3.22. The van der Waals surface area contributed by atoms with Gasteiger partial charge >= 0.3 is 0 Å². The Morgan fingerprint density at radius 3 is 3.04 bits per heavy atom. The van der Waals surface area contributed by atoms with Crippen molar-refractivity contribution in [3.63, 3.8) is 0 Å². The Kier molecular flexibility index (Phi) is 4.37. The molecule has 0 saturated heterocycles. The van der Waals surface area contributed by atoms with Crippen LogP contribution in [-0.4, -0.2) is 23.3 Å². The average molecular weight is 335 g/mol. The number of aromatic nitrogens is 2. The molecule has 4 rings (SSSR count). The normalized spacial score (nSPS) is 18.8. The molecule has 0 saturated carbocycles.